The van der Waals surface area contributed by atoms with Gasteiger partial charge in [0, 0.05) is 33.9 Å². The first-order chi connectivity index (χ1) is 13.3. The van der Waals surface area contributed by atoms with Crippen LogP contribution in [0.1, 0.15) is 18.6 Å². The van der Waals surface area contributed by atoms with E-state index in [-0.39, 0.29) is 16.3 Å². The molecule has 0 bridgehead atoms. The van der Waals surface area contributed by atoms with Gasteiger partial charge in [-0.1, -0.05) is 0 Å². The number of pyridine rings is 1. The van der Waals surface area contributed by atoms with Gasteiger partial charge in [0.05, 0.1) is 17.6 Å². The van der Waals surface area contributed by atoms with Gasteiger partial charge in [-0.3, -0.25) is 10.1 Å². The van der Waals surface area contributed by atoms with Gasteiger partial charge in [-0.2, -0.15) is 0 Å². The molecule has 0 spiro atoms. The van der Waals surface area contributed by atoms with Crippen LogP contribution in [0.2, 0.25) is 0 Å². The van der Waals surface area contributed by atoms with Crippen LogP contribution in [-0.2, 0) is 4.74 Å². The molecule has 8 heteroatoms. The number of methoxy groups -OCH3 is 1. The van der Waals surface area contributed by atoms with E-state index in [0.717, 1.165) is 12.1 Å². The quantitative estimate of drug-likeness (QED) is 0.513. The number of esters is 1. The number of carbonyl (C=O) groups excluding carboxylic acids is 1. The average Bonchev–Trinajstić information content (AvgIpc) is 2.59. The molecule has 1 heterocycles. The van der Waals surface area contributed by atoms with Gasteiger partial charge in [-0.25, -0.2) is 9.78 Å². The lowest BCUT2D eigenvalue weighted by Crippen LogP contribution is -2.12. The topological polar surface area (TPSA) is 97.6 Å². The van der Waals surface area contributed by atoms with Gasteiger partial charge in [0.15, 0.2) is 0 Å². The number of aromatic nitrogens is 1. The lowest BCUT2D eigenvalue weighted by atomic mass is 10.2. The molecule has 0 unspecified atom stereocenters. The molecule has 0 saturated carbocycles. The normalized spacial score (nSPS) is 15.0. The Bertz CT molecular complexity index is 901. The molecule has 8 nitrogen and oxygen atoms in total. The monoisotopic (exact) mass is 322 g/mol. The van der Waals surface area contributed by atoms with Crippen LogP contribution >= 0.6 is 0 Å². The summed E-state index contributed by atoms with van der Waals surface area (Å²) < 4.78 is 49.3. The maximum atomic E-state index is 11.5. The summed E-state index contributed by atoms with van der Waals surface area (Å²) in [7, 11) is 1.22. The summed E-state index contributed by atoms with van der Waals surface area (Å²) in [6.45, 7) is -6.12. The van der Waals surface area contributed by atoms with Gasteiger partial charge in [-0.05, 0) is 30.3 Å². The van der Waals surface area contributed by atoms with Crippen molar-refractivity contribution in [1.82, 2.24) is 4.98 Å². The van der Waals surface area contributed by atoms with Crippen molar-refractivity contribution in [2.45, 2.75) is 0 Å². The number of nitro groups is 1. The predicted octanol–water partition coefficient (Wildman–Crippen LogP) is 2.59. The fourth-order valence-corrected chi connectivity index (χ4v) is 1.75. The molecule has 1 aromatic heterocycles. The smallest absolute Gasteiger partial charge is 0.337 e. The molecule has 1 aromatic carbocycles. The second kappa shape index (κ2) is 6.73. The van der Waals surface area contributed by atoms with Crippen LogP contribution in [0.25, 0.3) is 0 Å². The van der Waals surface area contributed by atoms with E-state index in [1.54, 1.807) is 0 Å². The molecular formula is C15H16N4O4. The van der Waals surface area contributed by atoms with E-state index >= 15 is 0 Å². The largest absolute Gasteiger partial charge is 0.465 e. The van der Waals surface area contributed by atoms with Crippen molar-refractivity contribution in [3.8, 4) is 0 Å². The summed E-state index contributed by atoms with van der Waals surface area (Å²) in [6.07, 6.45) is 0. The van der Waals surface area contributed by atoms with E-state index in [9.17, 15) is 14.9 Å². The van der Waals surface area contributed by atoms with E-state index in [0.29, 0.717) is 5.69 Å². The summed E-state index contributed by atoms with van der Waals surface area (Å²) >= 11 is 0. The lowest BCUT2D eigenvalue weighted by molar-refractivity contribution is -0.384. The molecule has 2 rings (SSSR count). The molecule has 0 radical (unpaired) electrons. The summed E-state index contributed by atoms with van der Waals surface area (Å²) in [6, 6.07) is 7.56. The van der Waals surface area contributed by atoms with E-state index in [2.05, 4.69) is 15.0 Å². The number of rotatable bonds is 5. The van der Waals surface area contributed by atoms with E-state index < -0.39 is 36.3 Å². The van der Waals surface area contributed by atoms with Gasteiger partial charge < -0.3 is 15.0 Å². The van der Waals surface area contributed by atoms with Crippen LogP contribution in [-0.4, -0.2) is 36.9 Å². The summed E-state index contributed by atoms with van der Waals surface area (Å²) in [5, 5.41) is 13.9. The van der Waals surface area contributed by atoms with E-state index in [1.807, 2.05) is 0 Å². The molecule has 23 heavy (non-hydrogen) atoms. The number of hydrogen-bond acceptors (Lipinski definition) is 7. The summed E-state index contributed by atoms with van der Waals surface area (Å²) in [5.41, 5.74) is 0.0341. The standard InChI is InChI=1S/C15H16N4O4/c1-18(2)13-9-8-12(19(21)22)14(17-13)16-11-6-4-10(5-7-11)15(20)23-3/h4-9H,1-3H3,(H,16,17)/i1D3,2D3. The second-order valence-corrected chi connectivity index (χ2v) is 4.32. The van der Waals surface area contributed by atoms with Crippen molar-refractivity contribution in [1.29, 1.82) is 0 Å². The average molecular weight is 322 g/mol. The van der Waals surface area contributed by atoms with E-state index in [1.165, 1.54) is 31.4 Å². The SMILES string of the molecule is [2H]C([2H])([2H])N(c1ccc([N+](=O)[O-])c(Nc2ccc(C(=O)OC)cc2)n1)C([2H])([2H])[2H]. The number of nitrogens with one attached hydrogen (secondary N) is 1. The molecule has 0 fully saturated rings. The summed E-state index contributed by atoms with van der Waals surface area (Å²) in [5.74, 6) is -1.44. The maximum absolute atomic E-state index is 11.5. The number of ether oxygens (including phenoxy) is 1. The van der Waals surface area contributed by atoms with Crippen molar-refractivity contribution in [2.24, 2.45) is 0 Å². The Morgan fingerprint density at radius 2 is 2.00 bits per heavy atom. The lowest BCUT2D eigenvalue weighted by Gasteiger charge is -2.13. The molecule has 120 valence electrons. The highest BCUT2D eigenvalue weighted by Gasteiger charge is 2.17. The van der Waals surface area contributed by atoms with Gasteiger partial charge in [0.25, 0.3) is 0 Å². The number of benzene rings is 1. The van der Waals surface area contributed by atoms with Crippen LogP contribution in [0.5, 0.6) is 0 Å². The Labute approximate surface area is 141 Å². The van der Waals surface area contributed by atoms with Crippen molar-refractivity contribution in [3.05, 3.63) is 52.1 Å². The highest BCUT2D eigenvalue weighted by molar-refractivity contribution is 5.89. The molecule has 1 N–H and O–H groups in total. The van der Waals surface area contributed by atoms with Crippen molar-refractivity contribution >= 4 is 29.0 Å². The molecule has 0 aliphatic rings. The van der Waals surface area contributed by atoms with Gasteiger partial charge >= 0.3 is 11.7 Å². The van der Waals surface area contributed by atoms with Gasteiger partial charge in [0.1, 0.15) is 5.82 Å². The molecular weight excluding hydrogens is 300 g/mol. The minimum atomic E-state index is -3.06. The third-order valence-electron chi connectivity index (χ3n) is 2.85. The predicted molar refractivity (Wildman–Crippen MR) is 86.3 cm³/mol. The molecule has 0 aliphatic heterocycles. The Hall–Kier alpha value is -3.16. The van der Waals surface area contributed by atoms with Crippen molar-refractivity contribution in [3.63, 3.8) is 0 Å². The zero-order valence-electron chi connectivity index (χ0n) is 17.9. The van der Waals surface area contributed by atoms with Gasteiger partial charge in [0.2, 0.25) is 5.82 Å². The Morgan fingerprint density at radius 1 is 1.30 bits per heavy atom. The first kappa shape index (κ1) is 9.78. The van der Waals surface area contributed by atoms with Gasteiger partial charge in [-0.15, -0.1) is 0 Å². The van der Waals surface area contributed by atoms with Crippen molar-refractivity contribution < 1.29 is 22.7 Å². The Kier molecular flexibility index (Phi) is 2.86. The Balaban J connectivity index is 2.48. The first-order valence-corrected chi connectivity index (χ1v) is 6.26. The second-order valence-electron chi connectivity index (χ2n) is 4.32. The molecule has 0 atom stereocenters. The number of anilines is 3. The molecule has 0 saturated heterocycles. The minimum absolute atomic E-state index is 0.120. The number of nitrogens with zero attached hydrogens (tertiary/aromatic N) is 3. The van der Waals surface area contributed by atoms with Crippen LogP contribution in [0.4, 0.5) is 23.0 Å². The Morgan fingerprint density at radius 3 is 2.57 bits per heavy atom. The molecule has 0 aliphatic carbocycles. The third-order valence-corrected chi connectivity index (χ3v) is 2.85. The first-order valence-electron chi connectivity index (χ1n) is 9.26. The molecule has 2 aromatic rings. The number of carbonyl (C=O) groups is 1. The third kappa shape index (κ3) is 3.73. The zero-order valence-corrected chi connectivity index (χ0v) is 11.9. The maximum Gasteiger partial charge on any atom is 0.337 e. The highest BCUT2D eigenvalue weighted by atomic mass is 16.6. The van der Waals surface area contributed by atoms with Crippen LogP contribution in [0.3, 0.4) is 0 Å². The highest BCUT2D eigenvalue weighted by Crippen LogP contribution is 2.28. The fraction of sp³-hybridized carbons (Fsp3) is 0.200. The summed E-state index contributed by atoms with van der Waals surface area (Å²) in [4.78, 5) is 26.0. The van der Waals surface area contributed by atoms with E-state index in [4.69, 9.17) is 8.22 Å². The van der Waals surface area contributed by atoms with Crippen LogP contribution < -0.4 is 10.2 Å². The number of hydrogen-bond donors (Lipinski definition) is 1. The minimum Gasteiger partial charge on any atom is -0.465 e. The van der Waals surface area contributed by atoms with Crippen LogP contribution in [0, 0.1) is 10.1 Å². The zero-order chi connectivity index (χ0) is 22.0. The van der Waals surface area contributed by atoms with Crippen LogP contribution in [0.15, 0.2) is 36.4 Å². The molecule has 0 amide bonds. The van der Waals surface area contributed by atoms with Crippen molar-refractivity contribution in [2.75, 3.05) is 31.3 Å². The fourth-order valence-electron chi connectivity index (χ4n) is 1.75.